The number of nitrogens with zero attached hydrogens (tertiary/aromatic N) is 3. The van der Waals surface area contributed by atoms with E-state index in [0.717, 1.165) is 22.5 Å². The molecule has 0 radical (unpaired) electrons. The number of hydrogen-bond donors (Lipinski definition) is 0. The molecule has 0 fully saturated rings. The van der Waals surface area contributed by atoms with Gasteiger partial charge in [0.1, 0.15) is 11.3 Å². The van der Waals surface area contributed by atoms with Crippen molar-refractivity contribution in [2.45, 2.75) is 13.8 Å². The summed E-state index contributed by atoms with van der Waals surface area (Å²) in [4.78, 5) is 8.69. The van der Waals surface area contributed by atoms with Crippen molar-refractivity contribution in [2.24, 2.45) is 0 Å². The monoisotopic (exact) mass is 289 g/mol. The van der Waals surface area contributed by atoms with E-state index in [9.17, 15) is 0 Å². The number of aromatic nitrogens is 3. The summed E-state index contributed by atoms with van der Waals surface area (Å²) in [5.74, 6) is 0.899. The Morgan fingerprint density at radius 1 is 1.00 bits per heavy atom. The maximum atomic E-state index is 5.40. The molecule has 22 heavy (non-hydrogen) atoms. The molecule has 0 spiro atoms. The summed E-state index contributed by atoms with van der Waals surface area (Å²) >= 11 is 0. The molecule has 108 valence electrons. The fraction of sp³-hybridized carbons (Fsp3) is 0.111. The van der Waals surface area contributed by atoms with Gasteiger partial charge in [0.2, 0.25) is 0 Å². The van der Waals surface area contributed by atoms with Crippen LogP contribution in [0.4, 0.5) is 0 Å². The van der Waals surface area contributed by atoms with Crippen molar-refractivity contribution in [1.82, 2.24) is 14.5 Å². The lowest BCUT2D eigenvalue weighted by atomic mass is 10.1. The molecule has 0 bridgehead atoms. The molecule has 0 aliphatic heterocycles. The number of para-hydroxylation sites is 1. The van der Waals surface area contributed by atoms with Crippen LogP contribution in [-0.2, 0) is 0 Å². The minimum Gasteiger partial charge on any atom is -0.443 e. The van der Waals surface area contributed by atoms with Crippen molar-refractivity contribution >= 4 is 11.1 Å². The smallest absolute Gasteiger partial charge is 0.181 e. The van der Waals surface area contributed by atoms with Gasteiger partial charge in [-0.05, 0) is 43.2 Å². The van der Waals surface area contributed by atoms with E-state index in [1.54, 1.807) is 0 Å². The molecule has 4 heteroatoms. The van der Waals surface area contributed by atoms with Gasteiger partial charge in [0.15, 0.2) is 12.0 Å². The van der Waals surface area contributed by atoms with Crippen molar-refractivity contribution < 1.29 is 4.42 Å². The van der Waals surface area contributed by atoms with E-state index in [-0.39, 0.29) is 0 Å². The Hall–Kier alpha value is -2.88. The van der Waals surface area contributed by atoms with Gasteiger partial charge in [-0.15, -0.1) is 0 Å². The summed E-state index contributed by atoms with van der Waals surface area (Å²) in [6.45, 7) is 4.23. The third-order valence-electron chi connectivity index (χ3n) is 3.91. The first-order valence-corrected chi connectivity index (χ1v) is 7.17. The molecule has 4 rings (SSSR count). The predicted molar refractivity (Wildman–Crippen MR) is 86.0 cm³/mol. The molecule has 0 aliphatic rings. The lowest BCUT2D eigenvalue weighted by Gasteiger charge is -2.13. The summed E-state index contributed by atoms with van der Waals surface area (Å²) < 4.78 is 7.53. The standard InChI is InChI=1S/C18H15N3O/c1-12-4-3-5-13(2)17(12)21-9-8-19-18(21)14-6-7-15-16(10-14)22-11-20-15/h3-11H,1-2H3. The highest BCUT2D eigenvalue weighted by molar-refractivity contribution is 5.78. The van der Waals surface area contributed by atoms with Crippen LogP contribution in [0.5, 0.6) is 0 Å². The molecule has 4 aromatic rings. The van der Waals surface area contributed by atoms with Gasteiger partial charge in [-0.3, -0.25) is 4.57 Å². The van der Waals surface area contributed by atoms with Crippen LogP contribution in [-0.4, -0.2) is 14.5 Å². The van der Waals surface area contributed by atoms with Crippen LogP contribution in [0.1, 0.15) is 11.1 Å². The predicted octanol–water partition coefficient (Wildman–Crippen LogP) is 4.30. The van der Waals surface area contributed by atoms with E-state index in [1.807, 2.05) is 30.6 Å². The summed E-state index contributed by atoms with van der Waals surface area (Å²) in [6.07, 6.45) is 5.29. The summed E-state index contributed by atoms with van der Waals surface area (Å²) in [5, 5.41) is 0. The molecule has 0 saturated carbocycles. The third-order valence-corrected chi connectivity index (χ3v) is 3.91. The molecule has 2 aromatic carbocycles. The average molecular weight is 289 g/mol. The second kappa shape index (κ2) is 4.84. The van der Waals surface area contributed by atoms with Gasteiger partial charge in [-0.2, -0.15) is 0 Å². The molecular weight excluding hydrogens is 274 g/mol. The maximum Gasteiger partial charge on any atom is 0.181 e. The van der Waals surface area contributed by atoms with Gasteiger partial charge < -0.3 is 4.42 Å². The Kier molecular flexibility index (Phi) is 2.82. The Balaban J connectivity index is 1.93. The van der Waals surface area contributed by atoms with E-state index in [2.05, 4.69) is 46.6 Å². The molecular formula is C18H15N3O. The fourth-order valence-corrected chi connectivity index (χ4v) is 2.88. The van der Waals surface area contributed by atoms with Gasteiger partial charge in [0.25, 0.3) is 0 Å². The van der Waals surface area contributed by atoms with E-state index in [0.29, 0.717) is 0 Å². The zero-order valence-corrected chi connectivity index (χ0v) is 12.4. The van der Waals surface area contributed by atoms with E-state index >= 15 is 0 Å². The highest BCUT2D eigenvalue weighted by atomic mass is 16.3. The van der Waals surface area contributed by atoms with Gasteiger partial charge in [0.05, 0.1) is 5.69 Å². The zero-order valence-electron chi connectivity index (χ0n) is 12.4. The number of oxazole rings is 1. The molecule has 0 aliphatic carbocycles. The normalized spacial score (nSPS) is 11.2. The average Bonchev–Trinajstić information content (AvgIpc) is 3.15. The minimum atomic E-state index is 0.772. The van der Waals surface area contributed by atoms with Gasteiger partial charge >= 0.3 is 0 Å². The van der Waals surface area contributed by atoms with E-state index in [1.165, 1.54) is 23.2 Å². The van der Waals surface area contributed by atoms with E-state index in [4.69, 9.17) is 4.42 Å². The minimum absolute atomic E-state index is 0.772. The Morgan fingerprint density at radius 3 is 2.64 bits per heavy atom. The van der Waals surface area contributed by atoms with Crippen LogP contribution in [0.3, 0.4) is 0 Å². The van der Waals surface area contributed by atoms with Crippen molar-refractivity contribution in [3.8, 4) is 17.1 Å². The first kappa shape index (κ1) is 12.8. The molecule has 0 amide bonds. The van der Waals surface area contributed by atoms with Crippen LogP contribution in [0.15, 0.2) is 59.6 Å². The lowest BCUT2D eigenvalue weighted by Crippen LogP contribution is -2.01. The fourth-order valence-electron chi connectivity index (χ4n) is 2.88. The molecule has 2 aromatic heterocycles. The maximum absolute atomic E-state index is 5.40. The van der Waals surface area contributed by atoms with Crippen LogP contribution in [0.25, 0.3) is 28.2 Å². The van der Waals surface area contributed by atoms with Gasteiger partial charge in [0, 0.05) is 18.0 Å². The van der Waals surface area contributed by atoms with Crippen LogP contribution < -0.4 is 0 Å². The molecule has 4 nitrogen and oxygen atoms in total. The second-order valence-electron chi connectivity index (χ2n) is 5.40. The highest BCUT2D eigenvalue weighted by Gasteiger charge is 2.12. The summed E-state index contributed by atoms with van der Waals surface area (Å²) in [6, 6.07) is 12.3. The Labute approximate surface area is 128 Å². The summed E-state index contributed by atoms with van der Waals surface area (Å²) in [7, 11) is 0. The SMILES string of the molecule is Cc1cccc(C)c1-n1ccnc1-c1ccc2ncoc2c1. The van der Waals surface area contributed by atoms with Crippen molar-refractivity contribution in [3.05, 3.63) is 66.3 Å². The zero-order chi connectivity index (χ0) is 15.1. The molecule has 0 saturated heterocycles. The van der Waals surface area contributed by atoms with Crippen LogP contribution in [0.2, 0.25) is 0 Å². The summed E-state index contributed by atoms with van der Waals surface area (Å²) in [5.41, 5.74) is 6.26. The van der Waals surface area contributed by atoms with Crippen molar-refractivity contribution in [3.63, 3.8) is 0 Å². The Morgan fingerprint density at radius 2 is 1.82 bits per heavy atom. The number of rotatable bonds is 2. The van der Waals surface area contributed by atoms with E-state index < -0.39 is 0 Å². The van der Waals surface area contributed by atoms with Crippen molar-refractivity contribution in [1.29, 1.82) is 0 Å². The third kappa shape index (κ3) is 1.92. The van der Waals surface area contributed by atoms with Crippen LogP contribution in [0, 0.1) is 13.8 Å². The second-order valence-corrected chi connectivity index (χ2v) is 5.40. The quantitative estimate of drug-likeness (QED) is 0.552. The lowest BCUT2D eigenvalue weighted by molar-refractivity contribution is 0.602. The number of imidazole rings is 1. The van der Waals surface area contributed by atoms with Crippen LogP contribution >= 0.6 is 0 Å². The first-order valence-electron chi connectivity index (χ1n) is 7.17. The topological polar surface area (TPSA) is 43.9 Å². The van der Waals surface area contributed by atoms with Gasteiger partial charge in [-0.25, -0.2) is 9.97 Å². The largest absolute Gasteiger partial charge is 0.443 e. The molecule has 0 unspecified atom stereocenters. The molecule has 0 atom stereocenters. The number of hydrogen-bond acceptors (Lipinski definition) is 3. The number of aryl methyl sites for hydroxylation is 2. The first-order chi connectivity index (χ1) is 10.7. The molecule has 2 heterocycles. The van der Waals surface area contributed by atoms with Gasteiger partial charge in [-0.1, -0.05) is 18.2 Å². The highest BCUT2D eigenvalue weighted by Crippen LogP contribution is 2.27. The Bertz CT molecular complexity index is 945. The molecule has 0 N–H and O–H groups in total. The number of fused-ring (bicyclic) bond motifs is 1. The van der Waals surface area contributed by atoms with Crippen molar-refractivity contribution in [2.75, 3.05) is 0 Å². The number of benzene rings is 2.